The molecule has 0 saturated carbocycles. The first-order valence-electron chi connectivity index (χ1n) is 6.24. The molecule has 0 aromatic heterocycles. The summed E-state index contributed by atoms with van der Waals surface area (Å²) in [7, 11) is 0. The lowest BCUT2D eigenvalue weighted by molar-refractivity contribution is 0.0926. The Hall–Kier alpha value is -1.61. The zero-order chi connectivity index (χ0) is 13.2. The van der Waals surface area contributed by atoms with Gasteiger partial charge in [0.2, 0.25) is 0 Å². The highest BCUT2D eigenvalue weighted by atomic mass is 32.2. The number of hydrogen-bond donors (Lipinski definition) is 0. The average Bonchev–Trinajstić information content (AvgIpc) is 2.44. The molecule has 1 aliphatic rings. The van der Waals surface area contributed by atoms with Gasteiger partial charge in [0.25, 0.3) is 0 Å². The van der Waals surface area contributed by atoms with Gasteiger partial charge in [-0.3, -0.25) is 4.79 Å². The molecule has 96 valence electrons. The van der Waals surface area contributed by atoms with Crippen molar-refractivity contribution in [1.29, 1.82) is 0 Å². The van der Waals surface area contributed by atoms with Crippen molar-refractivity contribution in [3.05, 3.63) is 65.5 Å². The Balaban J connectivity index is 1.85. The summed E-state index contributed by atoms with van der Waals surface area (Å²) < 4.78 is 13.3. The van der Waals surface area contributed by atoms with Crippen LogP contribution in [0, 0.1) is 11.7 Å². The second-order valence-corrected chi connectivity index (χ2v) is 5.76. The number of carbonyl (C=O) groups excluding carboxylic acids is 1. The zero-order valence-electron chi connectivity index (χ0n) is 10.3. The molecule has 1 nitrogen and oxygen atoms in total. The standard InChI is InChI=1S/C16H13FOS/c17-13-6-7-15-14(9-13)16(18)12(10-19-15)8-11-4-2-1-3-5-11/h1-7,9,12H,8,10H2. The molecule has 1 atom stereocenters. The summed E-state index contributed by atoms with van der Waals surface area (Å²) in [6.07, 6.45) is 0.725. The predicted molar refractivity (Wildman–Crippen MR) is 75.1 cm³/mol. The molecule has 1 aliphatic heterocycles. The first-order valence-corrected chi connectivity index (χ1v) is 7.23. The van der Waals surface area contributed by atoms with Gasteiger partial charge in [0.1, 0.15) is 5.82 Å². The van der Waals surface area contributed by atoms with E-state index in [1.54, 1.807) is 17.8 Å². The minimum Gasteiger partial charge on any atom is -0.294 e. The summed E-state index contributed by atoms with van der Waals surface area (Å²) in [4.78, 5) is 13.3. The highest BCUT2D eigenvalue weighted by Crippen LogP contribution is 2.34. The smallest absolute Gasteiger partial charge is 0.168 e. The summed E-state index contributed by atoms with van der Waals surface area (Å²) in [5.74, 6) is 0.443. The molecule has 0 N–H and O–H groups in total. The van der Waals surface area contributed by atoms with Crippen molar-refractivity contribution >= 4 is 17.5 Å². The number of benzene rings is 2. The second-order valence-electron chi connectivity index (χ2n) is 4.70. The fourth-order valence-corrected chi connectivity index (χ4v) is 3.49. The minimum absolute atomic E-state index is 0.0540. The topological polar surface area (TPSA) is 17.1 Å². The number of ketones is 1. The molecule has 0 aliphatic carbocycles. The molecule has 0 fully saturated rings. The van der Waals surface area contributed by atoms with Crippen LogP contribution in [0.5, 0.6) is 0 Å². The molecule has 0 amide bonds. The number of thioether (sulfide) groups is 1. The quantitative estimate of drug-likeness (QED) is 0.822. The summed E-state index contributed by atoms with van der Waals surface area (Å²) in [5, 5.41) is 0. The van der Waals surface area contributed by atoms with Crippen molar-refractivity contribution in [3.63, 3.8) is 0 Å². The lowest BCUT2D eigenvalue weighted by Crippen LogP contribution is -2.24. The molecule has 19 heavy (non-hydrogen) atoms. The van der Waals surface area contributed by atoms with Crippen molar-refractivity contribution < 1.29 is 9.18 Å². The summed E-state index contributed by atoms with van der Waals surface area (Å²) >= 11 is 1.64. The molecular weight excluding hydrogens is 259 g/mol. The van der Waals surface area contributed by atoms with Crippen molar-refractivity contribution in [2.24, 2.45) is 5.92 Å². The van der Waals surface area contributed by atoms with Crippen LogP contribution in [0.4, 0.5) is 4.39 Å². The zero-order valence-corrected chi connectivity index (χ0v) is 11.1. The number of hydrogen-bond acceptors (Lipinski definition) is 2. The Morgan fingerprint density at radius 2 is 1.95 bits per heavy atom. The Bertz CT molecular complexity index is 609. The van der Waals surface area contributed by atoms with E-state index in [-0.39, 0.29) is 17.5 Å². The Morgan fingerprint density at radius 1 is 1.16 bits per heavy atom. The van der Waals surface area contributed by atoms with Crippen LogP contribution in [0.15, 0.2) is 53.4 Å². The lowest BCUT2D eigenvalue weighted by atomic mass is 9.92. The molecule has 0 spiro atoms. The Morgan fingerprint density at radius 3 is 2.74 bits per heavy atom. The van der Waals surface area contributed by atoms with Crippen molar-refractivity contribution in [2.75, 3.05) is 5.75 Å². The maximum absolute atomic E-state index is 13.3. The van der Waals surface area contributed by atoms with E-state index in [1.807, 2.05) is 30.3 Å². The molecule has 3 rings (SSSR count). The monoisotopic (exact) mass is 272 g/mol. The number of halogens is 1. The van der Waals surface area contributed by atoms with E-state index in [0.29, 0.717) is 5.56 Å². The van der Waals surface area contributed by atoms with Gasteiger partial charge >= 0.3 is 0 Å². The average molecular weight is 272 g/mol. The third kappa shape index (κ3) is 2.56. The van der Waals surface area contributed by atoms with Gasteiger partial charge in [0, 0.05) is 22.1 Å². The highest BCUT2D eigenvalue weighted by Gasteiger charge is 2.28. The van der Waals surface area contributed by atoms with Gasteiger partial charge in [0.15, 0.2) is 5.78 Å². The van der Waals surface area contributed by atoms with Gasteiger partial charge in [-0.2, -0.15) is 0 Å². The fourth-order valence-electron chi connectivity index (χ4n) is 2.36. The Kier molecular flexibility index (Phi) is 3.38. The number of fused-ring (bicyclic) bond motifs is 1. The SMILES string of the molecule is O=C1c2cc(F)ccc2SCC1Cc1ccccc1. The lowest BCUT2D eigenvalue weighted by Gasteiger charge is -2.22. The maximum Gasteiger partial charge on any atom is 0.168 e. The van der Waals surface area contributed by atoms with E-state index < -0.39 is 0 Å². The maximum atomic E-state index is 13.3. The van der Waals surface area contributed by atoms with Crippen LogP contribution in [-0.4, -0.2) is 11.5 Å². The van der Waals surface area contributed by atoms with Crippen LogP contribution in [0.3, 0.4) is 0 Å². The summed E-state index contributed by atoms with van der Waals surface area (Å²) in [5.41, 5.74) is 1.69. The molecule has 2 aromatic rings. The van der Waals surface area contributed by atoms with Crippen molar-refractivity contribution in [1.82, 2.24) is 0 Å². The van der Waals surface area contributed by atoms with Gasteiger partial charge in [-0.25, -0.2) is 4.39 Å². The van der Waals surface area contributed by atoms with Gasteiger partial charge < -0.3 is 0 Å². The van der Waals surface area contributed by atoms with E-state index in [1.165, 1.54) is 12.1 Å². The van der Waals surface area contributed by atoms with Crippen LogP contribution in [0.25, 0.3) is 0 Å². The summed E-state index contributed by atoms with van der Waals surface area (Å²) in [6, 6.07) is 14.4. The van der Waals surface area contributed by atoms with Gasteiger partial charge in [-0.1, -0.05) is 30.3 Å². The van der Waals surface area contributed by atoms with Crippen LogP contribution in [0.2, 0.25) is 0 Å². The number of rotatable bonds is 2. The van der Waals surface area contributed by atoms with Crippen LogP contribution < -0.4 is 0 Å². The van der Waals surface area contributed by atoms with E-state index in [9.17, 15) is 9.18 Å². The van der Waals surface area contributed by atoms with Crippen LogP contribution in [0.1, 0.15) is 15.9 Å². The first-order chi connectivity index (χ1) is 9.24. The molecular formula is C16H13FOS. The van der Waals surface area contributed by atoms with Crippen molar-refractivity contribution in [3.8, 4) is 0 Å². The van der Waals surface area contributed by atoms with Crippen molar-refractivity contribution in [2.45, 2.75) is 11.3 Å². The predicted octanol–water partition coefficient (Wildman–Crippen LogP) is 3.97. The van der Waals surface area contributed by atoms with E-state index >= 15 is 0 Å². The van der Waals surface area contributed by atoms with Gasteiger partial charge in [-0.15, -0.1) is 11.8 Å². The number of Topliss-reactive ketones (excluding diaryl/α,β-unsaturated/α-hetero) is 1. The van der Waals surface area contributed by atoms with Crippen LogP contribution >= 0.6 is 11.8 Å². The molecule has 1 unspecified atom stereocenters. The minimum atomic E-state index is -0.340. The largest absolute Gasteiger partial charge is 0.294 e. The van der Waals surface area contributed by atoms with Crippen LogP contribution in [-0.2, 0) is 6.42 Å². The third-order valence-electron chi connectivity index (χ3n) is 3.34. The molecule has 0 saturated heterocycles. The molecule has 2 aromatic carbocycles. The molecule has 1 heterocycles. The molecule has 0 bridgehead atoms. The van der Waals surface area contributed by atoms with E-state index in [4.69, 9.17) is 0 Å². The van der Waals surface area contributed by atoms with E-state index in [0.717, 1.165) is 22.6 Å². The summed E-state index contributed by atoms with van der Waals surface area (Å²) in [6.45, 7) is 0. The third-order valence-corrected chi connectivity index (χ3v) is 4.58. The van der Waals surface area contributed by atoms with Gasteiger partial charge in [0.05, 0.1) is 0 Å². The van der Waals surface area contributed by atoms with E-state index in [2.05, 4.69) is 0 Å². The van der Waals surface area contributed by atoms with Gasteiger partial charge in [-0.05, 0) is 30.2 Å². The highest BCUT2D eigenvalue weighted by molar-refractivity contribution is 7.99. The Labute approximate surface area is 115 Å². The normalized spacial score (nSPS) is 18.2. The first kappa shape index (κ1) is 12.4. The molecule has 3 heteroatoms. The molecule has 0 radical (unpaired) electrons. The second kappa shape index (κ2) is 5.17. The number of carbonyl (C=O) groups is 1. The fraction of sp³-hybridized carbons (Fsp3) is 0.188.